The lowest BCUT2D eigenvalue weighted by atomic mass is 9.88. The lowest BCUT2D eigenvalue weighted by Crippen LogP contribution is -2.29. The van der Waals surface area contributed by atoms with Crippen molar-refractivity contribution in [3.63, 3.8) is 0 Å². The number of ether oxygens (including phenoxy) is 1. The van der Waals surface area contributed by atoms with Crippen molar-refractivity contribution >= 4 is 5.84 Å². The highest BCUT2D eigenvalue weighted by atomic mass is 16.5. The van der Waals surface area contributed by atoms with E-state index in [4.69, 9.17) is 10.5 Å². The van der Waals surface area contributed by atoms with Crippen LogP contribution in [-0.2, 0) is 4.74 Å². The first-order valence-electron chi connectivity index (χ1n) is 6.22. The summed E-state index contributed by atoms with van der Waals surface area (Å²) in [6, 6.07) is 0.312. The number of amidine groups is 1. The molecule has 2 rings (SSSR count). The molecule has 0 amide bonds. The molecule has 0 aromatic rings. The summed E-state index contributed by atoms with van der Waals surface area (Å²) in [6.45, 7) is 2.93. The predicted octanol–water partition coefficient (Wildman–Crippen LogP) is 2.10. The maximum absolute atomic E-state index is 6.08. The van der Waals surface area contributed by atoms with Crippen molar-refractivity contribution in [3.8, 4) is 0 Å². The van der Waals surface area contributed by atoms with E-state index in [-0.39, 0.29) is 6.10 Å². The van der Waals surface area contributed by atoms with Crippen LogP contribution >= 0.6 is 0 Å². The van der Waals surface area contributed by atoms with Gasteiger partial charge in [0, 0.05) is 12.5 Å². The molecule has 1 aliphatic carbocycles. The third-order valence-electron chi connectivity index (χ3n) is 3.67. The summed E-state index contributed by atoms with van der Waals surface area (Å²) >= 11 is 0. The summed E-state index contributed by atoms with van der Waals surface area (Å²) in [6.07, 6.45) is 7.76. The van der Waals surface area contributed by atoms with Gasteiger partial charge in [0.1, 0.15) is 0 Å². The number of rotatable bonds is 2. The Kier molecular flexibility index (Phi) is 3.62. The first-order chi connectivity index (χ1) is 7.27. The molecule has 0 bridgehead atoms. The molecule has 2 unspecified atom stereocenters. The molecule has 86 valence electrons. The molecule has 2 N–H and O–H groups in total. The van der Waals surface area contributed by atoms with E-state index >= 15 is 0 Å². The number of nitrogens with zero attached hydrogens (tertiary/aromatic N) is 1. The van der Waals surface area contributed by atoms with Crippen LogP contribution in [0.5, 0.6) is 0 Å². The van der Waals surface area contributed by atoms with Crippen LogP contribution in [0.2, 0.25) is 0 Å². The summed E-state index contributed by atoms with van der Waals surface area (Å²) in [5.41, 5.74) is 6.08. The first kappa shape index (κ1) is 10.9. The molecule has 1 heterocycles. The fourth-order valence-corrected chi connectivity index (χ4v) is 2.59. The standard InChI is InChI=1S/C12H22N2O/c1-9-11(7-8-15-9)14-12(13)10-5-3-2-4-6-10/h9-11H,2-8H2,1H3,(H2,13,14). The molecular formula is C12H22N2O. The normalized spacial score (nSPS) is 34.6. The lowest BCUT2D eigenvalue weighted by Gasteiger charge is -2.22. The average molecular weight is 210 g/mol. The Labute approximate surface area is 92.1 Å². The van der Waals surface area contributed by atoms with Gasteiger partial charge in [0.2, 0.25) is 0 Å². The average Bonchev–Trinajstić information content (AvgIpc) is 2.66. The van der Waals surface area contributed by atoms with Gasteiger partial charge in [-0.3, -0.25) is 4.99 Å². The second-order valence-corrected chi connectivity index (χ2v) is 4.82. The smallest absolute Gasteiger partial charge is 0.0973 e. The molecule has 3 heteroatoms. The van der Waals surface area contributed by atoms with Crippen molar-refractivity contribution in [3.05, 3.63) is 0 Å². The molecule has 0 aromatic carbocycles. The number of aliphatic imine (C=N–C) groups is 1. The molecule has 0 radical (unpaired) electrons. The van der Waals surface area contributed by atoms with Crippen LogP contribution in [0.1, 0.15) is 45.4 Å². The summed E-state index contributed by atoms with van der Waals surface area (Å²) in [4.78, 5) is 4.65. The Balaban J connectivity index is 1.92. The second-order valence-electron chi connectivity index (χ2n) is 4.82. The van der Waals surface area contributed by atoms with E-state index in [1.807, 2.05) is 0 Å². The van der Waals surface area contributed by atoms with Crippen LogP contribution in [-0.4, -0.2) is 24.6 Å². The molecule has 1 saturated heterocycles. The third kappa shape index (κ3) is 2.71. The topological polar surface area (TPSA) is 47.6 Å². The second kappa shape index (κ2) is 4.97. The van der Waals surface area contributed by atoms with Gasteiger partial charge in [0.25, 0.3) is 0 Å². The fourth-order valence-electron chi connectivity index (χ4n) is 2.59. The zero-order valence-electron chi connectivity index (χ0n) is 9.61. The molecule has 0 aromatic heterocycles. The Morgan fingerprint density at radius 3 is 2.53 bits per heavy atom. The molecular weight excluding hydrogens is 188 g/mol. The van der Waals surface area contributed by atoms with E-state index < -0.39 is 0 Å². The van der Waals surface area contributed by atoms with Crippen molar-refractivity contribution in [2.75, 3.05) is 6.61 Å². The highest BCUT2D eigenvalue weighted by Crippen LogP contribution is 2.25. The molecule has 2 aliphatic rings. The van der Waals surface area contributed by atoms with Gasteiger partial charge in [0.05, 0.1) is 18.0 Å². The SMILES string of the molecule is CC1OCCC1N=C(N)C1CCCCC1. The van der Waals surface area contributed by atoms with Gasteiger partial charge < -0.3 is 10.5 Å². The van der Waals surface area contributed by atoms with Crippen LogP contribution in [0.25, 0.3) is 0 Å². The van der Waals surface area contributed by atoms with E-state index in [0.29, 0.717) is 12.0 Å². The van der Waals surface area contributed by atoms with Crippen LogP contribution in [0.4, 0.5) is 0 Å². The minimum atomic E-state index is 0.257. The zero-order valence-corrected chi connectivity index (χ0v) is 9.61. The van der Waals surface area contributed by atoms with E-state index in [2.05, 4.69) is 11.9 Å². The quantitative estimate of drug-likeness (QED) is 0.560. The maximum atomic E-state index is 6.08. The summed E-state index contributed by atoms with van der Waals surface area (Å²) < 4.78 is 5.49. The molecule has 1 aliphatic heterocycles. The molecule has 2 fully saturated rings. The van der Waals surface area contributed by atoms with Gasteiger partial charge in [-0.05, 0) is 26.2 Å². The molecule has 15 heavy (non-hydrogen) atoms. The van der Waals surface area contributed by atoms with Gasteiger partial charge in [-0.1, -0.05) is 19.3 Å². The van der Waals surface area contributed by atoms with E-state index in [1.165, 1.54) is 32.1 Å². The Hall–Kier alpha value is -0.570. The van der Waals surface area contributed by atoms with E-state index in [9.17, 15) is 0 Å². The Bertz CT molecular complexity index is 234. The number of hydrogen-bond donors (Lipinski definition) is 1. The molecule has 3 nitrogen and oxygen atoms in total. The Morgan fingerprint density at radius 1 is 1.20 bits per heavy atom. The Morgan fingerprint density at radius 2 is 1.93 bits per heavy atom. The highest BCUT2D eigenvalue weighted by Gasteiger charge is 2.25. The molecule has 2 atom stereocenters. The van der Waals surface area contributed by atoms with Crippen LogP contribution in [0.3, 0.4) is 0 Å². The van der Waals surface area contributed by atoms with Crippen LogP contribution in [0, 0.1) is 5.92 Å². The number of nitrogens with two attached hydrogens (primary N) is 1. The minimum Gasteiger partial charge on any atom is -0.387 e. The zero-order chi connectivity index (χ0) is 10.7. The predicted molar refractivity (Wildman–Crippen MR) is 62.0 cm³/mol. The summed E-state index contributed by atoms with van der Waals surface area (Å²) in [7, 11) is 0. The molecule has 0 spiro atoms. The van der Waals surface area contributed by atoms with E-state index in [0.717, 1.165) is 18.9 Å². The van der Waals surface area contributed by atoms with Gasteiger partial charge in [-0.2, -0.15) is 0 Å². The van der Waals surface area contributed by atoms with Gasteiger partial charge in [-0.15, -0.1) is 0 Å². The van der Waals surface area contributed by atoms with Gasteiger partial charge in [0.15, 0.2) is 0 Å². The van der Waals surface area contributed by atoms with Gasteiger partial charge in [-0.25, -0.2) is 0 Å². The van der Waals surface area contributed by atoms with Crippen molar-refractivity contribution in [1.82, 2.24) is 0 Å². The van der Waals surface area contributed by atoms with Crippen LogP contribution < -0.4 is 5.73 Å². The monoisotopic (exact) mass is 210 g/mol. The van der Waals surface area contributed by atoms with E-state index in [1.54, 1.807) is 0 Å². The van der Waals surface area contributed by atoms with Crippen molar-refractivity contribution in [1.29, 1.82) is 0 Å². The van der Waals surface area contributed by atoms with Crippen molar-refractivity contribution < 1.29 is 4.74 Å². The summed E-state index contributed by atoms with van der Waals surface area (Å²) in [5.74, 6) is 1.43. The van der Waals surface area contributed by atoms with Crippen molar-refractivity contribution in [2.24, 2.45) is 16.6 Å². The maximum Gasteiger partial charge on any atom is 0.0973 e. The molecule has 1 saturated carbocycles. The summed E-state index contributed by atoms with van der Waals surface area (Å²) in [5, 5.41) is 0. The fraction of sp³-hybridized carbons (Fsp3) is 0.917. The van der Waals surface area contributed by atoms with Crippen molar-refractivity contribution in [2.45, 2.75) is 57.6 Å². The number of hydrogen-bond acceptors (Lipinski definition) is 2. The van der Waals surface area contributed by atoms with Gasteiger partial charge >= 0.3 is 0 Å². The third-order valence-corrected chi connectivity index (χ3v) is 3.67. The highest BCUT2D eigenvalue weighted by molar-refractivity contribution is 5.83. The van der Waals surface area contributed by atoms with Crippen LogP contribution in [0.15, 0.2) is 4.99 Å². The largest absolute Gasteiger partial charge is 0.387 e. The lowest BCUT2D eigenvalue weighted by molar-refractivity contribution is 0.119. The minimum absolute atomic E-state index is 0.257. The first-order valence-corrected chi connectivity index (χ1v) is 6.22.